The summed E-state index contributed by atoms with van der Waals surface area (Å²) in [6.07, 6.45) is 1.13. The quantitative estimate of drug-likeness (QED) is 0.101. The van der Waals surface area contributed by atoms with Crippen LogP contribution in [0.1, 0.15) is 42.2 Å². The molecule has 0 aromatic heterocycles. The van der Waals surface area contributed by atoms with E-state index >= 15 is 0 Å². The van der Waals surface area contributed by atoms with Crippen LogP contribution in [-0.4, -0.2) is 35.7 Å². The summed E-state index contributed by atoms with van der Waals surface area (Å²) >= 11 is 0. The van der Waals surface area contributed by atoms with Crippen molar-refractivity contribution in [3.8, 4) is 17.2 Å². The number of hydrogen-bond donors (Lipinski definition) is 2. The highest BCUT2D eigenvalue weighted by Crippen LogP contribution is 2.33. The van der Waals surface area contributed by atoms with E-state index in [1.807, 2.05) is 13.0 Å². The molecule has 0 radical (unpaired) electrons. The number of nitro benzene ring substituents is 1. The third-order valence-corrected chi connectivity index (χ3v) is 6.07. The zero-order valence-corrected chi connectivity index (χ0v) is 22.0. The van der Waals surface area contributed by atoms with Gasteiger partial charge in [-0.25, -0.2) is 10.2 Å². The zero-order chi connectivity index (χ0) is 29.6. The van der Waals surface area contributed by atoms with E-state index in [1.54, 1.807) is 36.4 Å². The number of carbonyl (C=O) groups is 3. The fraction of sp³-hybridized carbons (Fsp3) is 0.0667. The molecule has 0 atom stereocenters. The van der Waals surface area contributed by atoms with Gasteiger partial charge in [-0.3, -0.25) is 19.7 Å². The minimum atomic E-state index is -0.740. The van der Waals surface area contributed by atoms with E-state index in [-0.39, 0.29) is 40.8 Å². The summed E-state index contributed by atoms with van der Waals surface area (Å²) in [6.45, 7) is 1.93. The molecule has 0 aliphatic carbocycles. The van der Waals surface area contributed by atoms with Gasteiger partial charge in [0.25, 0.3) is 17.5 Å². The monoisotopic (exact) mass is 566 g/mol. The first kappa shape index (κ1) is 27.5. The van der Waals surface area contributed by atoms with Gasteiger partial charge in [0, 0.05) is 34.5 Å². The maximum absolute atomic E-state index is 12.7. The second-order valence-electron chi connectivity index (χ2n) is 9.04. The summed E-state index contributed by atoms with van der Waals surface area (Å²) in [5, 5.41) is 18.0. The third-order valence-electron chi connectivity index (χ3n) is 6.07. The van der Waals surface area contributed by atoms with Crippen LogP contribution in [0.25, 0.3) is 0 Å². The average Bonchev–Trinajstić information content (AvgIpc) is 3.46. The Morgan fingerprint density at radius 2 is 1.64 bits per heavy atom. The van der Waals surface area contributed by atoms with Crippen LogP contribution >= 0.6 is 0 Å². The number of ether oxygens (including phenoxy) is 3. The smallest absolute Gasteiger partial charge is 0.343 e. The number of hydrogen-bond acceptors (Lipinski definition) is 9. The second kappa shape index (κ2) is 12.0. The third kappa shape index (κ3) is 6.39. The molecule has 0 saturated heterocycles. The fourth-order valence-electron chi connectivity index (χ4n) is 3.95. The Balaban J connectivity index is 1.25. The van der Waals surface area contributed by atoms with Crippen molar-refractivity contribution in [1.29, 1.82) is 0 Å². The highest BCUT2D eigenvalue weighted by molar-refractivity contribution is 6.04. The second-order valence-corrected chi connectivity index (χ2v) is 9.04. The standard InChI is InChI=1S/C30H22N4O8/c1-18-3-2-4-20(13-18)28(35)32-23-8-5-19(6-9-23)29(36)33-31-16-22-14-24(34(38)39)10-12-25(22)42-30(37)21-7-11-26-27(15-21)41-17-40-26/h2-16H,17H2,1H3,(H,32,35)(H,33,36)/b31-16+. The van der Waals surface area contributed by atoms with Crippen molar-refractivity contribution < 1.29 is 33.5 Å². The summed E-state index contributed by atoms with van der Waals surface area (Å²) in [4.78, 5) is 48.5. The number of nitrogens with one attached hydrogen (secondary N) is 2. The van der Waals surface area contributed by atoms with E-state index in [4.69, 9.17) is 14.2 Å². The van der Waals surface area contributed by atoms with Crippen LogP contribution in [0, 0.1) is 17.0 Å². The number of hydrazone groups is 1. The molecule has 12 nitrogen and oxygen atoms in total. The molecular formula is C30H22N4O8. The number of non-ortho nitro benzene ring substituents is 1. The number of esters is 1. The summed E-state index contributed by atoms with van der Waals surface area (Å²) in [6, 6.07) is 21.4. The fourth-order valence-corrected chi connectivity index (χ4v) is 3.95. The predicted octanol–water partition coefficient (Wildman–Crippen LogP) is 4.87. The maximum atomic E-state index is 12.7. The van der Waals surface area contributed by atoms with Crippen molar-refractivity contribution >= 4 is 35.4 Å². The van der Waals surface area contributed by atoms with Gasteiger partial charge in [-0.2, -0.15) is 5.10 Å². The Labute approximate surface area is 238 Å². The number of benzene rings is 4. The topological polar surface area (TPSA) is 158 Å². The first-order chi connectivity index (χ1) is 20.3. The normalized spacial score (nSPS) is 11.6. The molecule has 1 heterocycles. The molecule has 0 unspecified atom stereocenters. The molecule has 1 aliphatic rings. The molecule has 0 spiro atoms. The Morgan fingerprint density at radius 3 is 2.40 bits per heavy atom. The van der Waals surface area contributed by atoms with Crippen molar-refractivity contribution in [2.75, 3.05) is 12.1 Å². The van der Waals surface area contributed by atoms with Gasteiger partial charge in [0.05, 0.1) is 16.7 Å². The van der Waals surface area contributed by atoms with Gasteiger partial charge in [-0.15, -0.1) is 0 Å². The van der Waals surface area contributed by atoms with Crippen molar-refractivity contribution in [3.05, 3.63) is 123 Å². The highest BCUT2D eigenvalue weighted by atomic mass is 16.7. The zero-order valence-electron chi connectivity index (χ0n) is 22.0. The number of fused-ring (bicyclic) bond motifs is 1. The molecule has 2 N–H and O–H groups in total. The van der Waals surface area contributed by atoms with E-state index in [0.29, 0.717) is 22.7 Å². The van der Waals surface area contributed by atoms with Crippen LogP contribution < -0.4 is 25.0 Å². The molecular weight excluding hydrogens is 544 g/mol. The summed E-state index contributed by atoms with van der Waals surface area (Å²) < 4.78 is 16.0. The molecule has 1 aliphatic heterocycles. The lowest BCUT2D eigenvalue weighted by Gasteiger charge is -2.08. The number of amides is 2. The Bertz CT molecular complexity index is 1730. The Kier molecular flexibility index (Phi) is 7.87. The van der Waals surface area contributed by atoms with Crippen LogP contribution in [0.15, 0.2) is 90.0 Å². The predicted molar refractivity (Wildman–Crippen MR) is 151 cm³/mol. The van der Waals surface area contributed by atoms with Gasteiger partial charge in [0.15, 0.2) is 11.5 Å². The summed E-state index contributed by atoms with van der Waals surface area (Å²) in [5.41, 5.74) is 4.51. The van der Waals surface area contributed by atoms with Crippen LogP contribution in [-0.2, 0) is 0 Å². The van der Waals surface area contributed by atoms with E-state index in [0.717, 1.165) is 17.8 Å². The number of nitro groups is 1. The Hall–Kier alpha value is -6.04. The number of rotatable bonds is 8. The molecule has 5 rings (SSSR count). The van der Waals surface area contributed by atoms with Gasteiger partial charge < -0.3 is 19.5 Å². The molecule has 0 bridgehead atoms. The largest absolute Gasteiger partial charge is 0.454 e. The van der Waals surface area contributed by atoms with Gasteiger partial charge in [-0.05, 0) is 67.6 Å². The summed E-state index contributed by atoms with van der Waals surface area (Å²) in [7, 11) is 0. The molecule has 4 aromatic carbocycles. The van der Waals surface area contributed by atoms with Gasteiger partial charge in [-0.1, -0.05) is 17.7 Å². The van der Waals surface area contributed by atoms with E-state index in [2.05, 4.69) is 15.8 Å². The Morgan fingerprint density at radius 1 is 0.881 bits per heavy atom. The lowest BCUT2D eigenvalue weighted by atomic mass is 10.1. The maximum Gasteiger partial charge on any atom is 0.343 e. The highest BCUT2D eigenvalue weighted by Gasteiger charge is 2.19. The molecule has 0 saturated carbocycles. The van der Waals surface area contributed by atoms with E-state index in [1.165, 1.54) is 36.4 Å². The number of anilines is 1. The first-order valence-electron chi connectivity index (χ1n) is 12.5. The molecule has 210 valence electrons. The SMILES string of the molecule is Cc1cccc(C(=O)Nc2ccc(C(=O)N/N=C/c3cc([N+](=O)[O-])ccc3OC(=O)c3ccc4c(c3)OCO4)cc2)c1. The number of carbonyl (C=O) groups excluding carboxylic acids is 3. The number of nitrogens with zero attached hydrogens (tertiary/aromatic N) is 2. The van der Waals surface area contributed by atoms with Gasteiger partial charge in [0.2, 0.25) is 6.79 Å². The van der Waals surface area contributed by atoms with Crippen molar-refractivity contribution in [1.82, 2.24) is 5.43 Å². The van der Waals surface area contributed by atoms with Crippen LogP contribution in [0.4, 0.5) is 11.4 Å². The lowest BCUT2D eigenvalue weighted by molar-refractivity contribution is -0.384. The molecule has 0 fully saturated rings. The molecule has 2 amide bonds. The average molecular weight is 567 g/mol. The van der Waals surface area contributed by atoms with Gasteiger partial charge in [0.1, 0.15) is 5.75 Å². The van der Waals surface area contributed by atoms with Crippen molar-refractivity contribution in [2.45, 2.75) is 6.92 Å². The van der Waals surface area contributed by atoms with Crippen molar-refractivity contribution in [3.63, 3.8) is 0 Å². The minimum Gasteiger partial charge on any atom is -0.454 e. The number of aryl methyl sites for hydroxylation is 1. The van der Waals surface area contributed by atoms with Crippen LogP contribution in [0.2, 0.25) is 0 Å². The van der Waals surface area contributed by atoms with Crippen molar-refractivity contribution in [2.24, 2.45) is 5.10 Å². The van der Waals surface area contributed by atoms with E-state index < -0.39 is 16.8 Å². The molecule has 4 aromatic rings. The first-order valence-corrected chi connectivity index (χ1v) is 12.5. The van der Waals surface area contributed by atoms with E-state index in [9.17, 15) is 24.5 Å². The molecule has 42 heavy (non-hydrogen) atoms. The van der Waals surface area contributed by atoms with Gasteiger partial charge >= 0.3 is 5.97 Å². The summed E-state index contributed by atoms with van der Waals surface area (Å²) in [5.74, 6) is -0.739. The molecule has 12 heteroatoms. The lowest BCUT2D eigenvalue weighted by Crippen LogP contribution is -2.18. The minimum absolute atomic E-state index is 0.0185. The van der Waals surface area contributed by atoms with Crippen LogP contribution in [0.3, 0.4) is 0 Å². The van der Waals surface area contributed by atoms with Crippen LogP contribution in [0.5, 0.6) is 17.2 Å².